The van der Waals surface area contributed by atoms with Gasteiger partial charge in [-0.1, -0.05) is 189 Å². The van der Waals surface area contributed by atoms with E-state index in [1.165, 1.54) is 122 Å². The van der Waals surface area contributed by atoms with E-state index in [1.807, 2.05) is 12.2 Å². The second-order valence-electron chi connectivity index (χ2n) is 15.4. The molecule has 9 heteroatoms. The first-order chi connectivity index (χ1) is 28.3. The zero-order valence-electron chi connectivity index (χ0n) is 36.9. The summed E-state index contributed by atoms with van der Waals surface area (Å²) in [6, 6.07) is 0. The number of ether oxygens (including phenoxy) is 2. The van der Waals surface area contributed by atoms with Crippen molar-refractivity contribution in [3.05, 3.63) is 72.9 Å². The second kappa shape index (κ2) is 44.1. The predicted octanol–water partition coefficient (Wildman–Crippen LogP) is 14.6. The summed E-state index contributed by atoms with van der Waals surface area (Å²) in [6.45, 7) is 3.60. The molecule has 0 saturated heterocycles. The van der Waals surface area contributed by atoms with E-state index < -0.39 is 32.5 Å². The van der Waals surface area contributed by atoms with Crippen LogP contribution in [0.5, 0.6) is 0 Å². The van der Waals surface area contributed by atoms with Crippen molar-refractivity contribution in [1.82, 2.24) is 0 Å². The highest BCUT2D eigenvalue weighted by atomic mass is 31.2. The summed E-state index contributed by atoms with van der Waals surface area (Å²) in [5.41, 5.74) is 0. The van der Waals surface area contributed by atoms with Crippen LogP contribution in [-0.2, 0) is 28.2 Å². The van der Waals surface area contributed by atoms with Crippen LogP contribution in [0.2, 0.25) is 0 Å². The largest absolute Gasteiger partial charge is 0.469 e. The summed E-state index contributed by atoms with van der Waals surface area (Å²) in [5.74, 6) is -0.982. The molecule has 0 bridgehead atoms. The predicted molar refractivity (Wildman–Crippen MR) is 244 cm³/mol. The molecular weight excluding hydrogens is 748 g/mol. The maximum Gasteiger partial charge on any atom is 0.469 e. The quantitative estimate of drug-likeness (QED) is 0.0270. The molecule has 2 N–H and O–H groups in total. The summed E-state index contributed by atoms with van der Waals surface area (Å²) in [7, 11) is -4.78. The van der Waals surface area contributed by atoms with Gasteiger partial charge >= 0.3 is 19.8 Å². The minimum atomic E-state index is -4.78. The number of unbranched alkanes of at least 4 members (excludes halogenated alkanes) is 20. The minimum Gasteiger partial charge on any atom is -0.462 e. The molecule has 0 aliphatic rings. The van der Waals surface area contributed by atoms with Gasteiger partial charge in [0.05, 0.1) is 6.61 Å². The number of hydrogen-bond donors (Lipinski definition) is 2. The van der Waals surface area contributed by atoms with Crippen molar-refractivity contribution >= 4 is 19.8 Å². The highest BCUT2D eigenvalue weighted by Gasteiger charge is 2.22. The molecule has 0 fully saturated rings. The summed E-state index contributed by atoms with van der Waals surface area (Å²) >= 11 is 0. The third-order valence-corrected chi connectivity index (χ3v) is 10.2. The fourth-order valence-corrected chi connectivity index (χ4v) is 6.59. The Morgan fingerprint density at radius 3 is 1.28 bits per heavy atom. The van der Waals surface area contributed by atoms with Gasteiger partial charge in [-0.25, -0.2) is 4.57 Å². The maximum absolute atomic E-state index is 12.4. The van der Waals surface area contributed by atoms with Crippen molar-refractivity contribution in [2.75, 3.05) is 13.2 Å². The van der Waals surface area contributed by atoms with E-state index in [-0.39, 0.29) is 19.4 Å². The molecule has 0 saturated carbocycles. The van der Waals surface area contributed by atoms with Crippen molar-refractivity contribution in [1.29, 1.82) is 0 Å². The number of carbonyl (C=O) groups excluding carboxylic acids is 2. The van der Waals surface area contributed by atoms with E-state index in [4.69, 9.17) is 19.3 Å². The lowest BCUT2D eigenvalue weighted by Crippen LogP contribution is -2.29. The summed E-state index contributed by atoms with van der Waals surface area (Å²) in [5, 5.41) is 0. The van der Waals surface area contributed by atoms with Crippen LogP contribution in [0.1, 0.15) is 206 Å². The molecule has 0 aromatic heterocycles. The molecule has 0 amide bonds. The first-order valence-electron chi connectivity index (χ1n) is 23.2. The van der Waals surface area contributed by atoms with Gasteiger partial charge in [-0.2, -0.15) is 0 Å². The smallest absolute Gasteiger partial charge is 0.462 e. The Bertz CT molecular complexity index is 1170. The first-order valence-corrected chi connectivity index (χ1v) is 24.8. The van der Waals surface area contributed by atoms with Gasteiger partial charge in [0, 0.05) is 12.8 Å². The Balaban J connectivity index is 3.98. The number of allylic oxidation sites excluding steroid dienone is 12. The average Bonchev–Trinajstić information content (AvgIpc) is 3.20. The molecule has 1 atom stereocenters. The number of phosphoric acid groups is 1. The SMILES string of the molecule is CCCCC/C=C/C/C=C/C/C=C/C/C=C/C/C=C/CCC(=O)OC[C@H](COP(=O)(O)O)OC(=O)CCCCCCCCCCCCC/C=C/CCCCCCCC. The van der Waals surface area contributed by atoms with Crippen molar-refractivity contribution in [2.45, 2.75) is 213 Å². The minimum absolute atomic E-state index is 0.141. The molecule has 0 aromatic rings. The molecule has 0 heterocycles. The summed E-state index contributed by atoms with van der Waals surface area (Å²) < 4.78 is 26.4. The van der Waals surface area contributed by atoms with Crippen molar-refractivity contribution < 1.29 is 37.9 Å². The maximum atomic E-state index is 12.4. The number of phosphoric ester groups is 1. The fraction of sp³-hybridized carbons (Fsp3) is 0.714. The summed E-state index contributed by atoms with van der Waals surface area (Å²) in [4.78, 5) is 42.9. The lowest BCUT2D eigenvalue weighted by atomic mass is 10.0. The average molecular weight is 833 g/mol. The molecule has 0 spiro atoms. The molecule has 0 radical (unpaired) electrons. The standard InChI is InChI=1S/C49H85O8P/c1-3-5-7-9-11-13-15-17-19-21-23-24-26-28-30-32-34-36-38-40-42-44-49(51)57-47(46-56-58(52,53)54)45-55-48(50)43-41-39-37-35-33-31-29-27-25-22-20-18-16-14-12-10-8-6-4-2/h12,14,17-20,25,27,31,33,37,39,47H,3-11,13,15-16,21-24,26,28-30,32,34-36,38,40-46H2,1-2H3,(H2,52,53,54)/b14-12+,19-17+,20-18+,27-25+,33-31+,39-37+/t47-/m1/s1. The second-order valence-corrected chi connectivity index (χ2v) is 16.6. The Morgan fingerprint density at radius 1 is 0.448 bits per heavy atom. The van der Waals surface area contributed by atoms with Gasteiger partial charge in [-0.3, -0.25) is 14.1 Å². The third kappa shape index (κ3) is 46.2. The van der Waals surface area contributed by atoms with Gasteiger partial charge in [-0.05, 0) is 77.0 Å². The highest BCUT2D eigenvalue weighted by molar-refractivity contribution is 7.46. The van der Waals surface area contributed by atoms with Gasteiger partial charge in [0.2, 0.25) is 0 Å². The molecule has 0 aliphatic carbocycles. The van der Waals surface area contributed by atoms with E-state index in [0.29, 0.717) is 12.8 Å². The molecule has 0 unspecified atom stereocenters. The number of hydrogen-bond acceptors (Lipinski definition) is 6. The van der Waals surface area contributed by atoms with Gasteiger partial charge in [0.25, 0.3) is 0 Å². The highest BCUT2D eigenvalue weighted by Crippen LogP contribution is 2.36. The Hall–Kier alpha value is -2.51. The van der Waals surface area contributed by atoms with E-state index in [2.05, 4.69) is 79.1 Å². The lowest BCUT2D eigenvalue weighted by molar-refractivity contribution is -0.161. The van der Waals surface area contributed by atoms with Crippen LogP contribution >= 0.6 is 7.82 Å². The van der Waals surface area contributed by atoms with Gasteiger partial charge in [-0.15, -0.1) is 0 Å². The van der Waals surface area contributed by atoms with Crippen molar-refractivity contribution in [2.24, 2.45) is 0 Å². The third-order valence-electron chi connectivity index (χ3n) is 9.71. The van der Waals surface area contributed by atoms with Crippen LogP contribution in [0.3, 0.4) is 0 Å². The number of rotatable bonds is 42. The molecule has 0 aliphatic heterocycles. The summed E-state index contributed by atoms with van der Waals surface area (Å²) in [6.07, 6.45) is 57.8. The van der Waals surface area contributed by atoms with Crippen LogP contribution in [0, 0.1) is 0 Å². The molecule has 8 nitrogen and oxygen atoms in total. The molecule has 58 heavy (non-hydrogen) atoms. The van der Waals surface area contributed by atoms with Gasteiger partial charge in [0.1, 0.15) is 6.61 Å². The molecular formula is C49H85O8P. The van der Waals surface area contributed by atoms with Gasteiger partial charge in [0.15, 0.2) is 6.10 Å². The van der Waals surface area contributed by atoms with Crippen LogP contribution in [-0.4, -0.2) is 41.0 Å². The number of esters is 2. The Kier molecular flexibility index (Phi) is 42.1. The van der Waals surface area contributed by atoms with Gasteiger partial charge < -0.3 is 19.3 Å². The number of carbonyl (C=O) groups is 2. The topological polar surface area (TPSA) is 119 Å². The molecule has 334 valence electrons. The Labute approximate surface area is 355 Å². The van der Waals surface area contributed by atoms with E-state index in [0.717, 1.165) is 44.9 Å². The van der Waals surface area contributed by atoms with Crippen molar-refractivity contribution in [3.63, 3.8) is 0 Å². The van der Waals surface area contributed by atoms with E-state index in [1.54, 1.807) is 0 Å². The van der Waals surface area contributed by atoms with Crippen LogP contribution in [0.4, 0.5) is 0 Å². The lowest BCUT2D eigenvalue weighted by Gasteiger charge is -2.18. The molecule has 0 rings (SSSR count). The van der Waals surface area contributed by atoms with Crippen LogP contribution < -0.4 is 0 Å². The molecule has 0 aromatic carbocycles. The van der Waals surface area contributed by atoms with Crippen LogP contribution in [0.25, 0.3) is 0 Å². The monoisotopic (exact) mass is 833 g/mol. The zero-order valence-corrected chi connectivity index (χ0v) is 37.8. The Morgan fingerprint density at radius 2 is 0.810 bits per heavy atom. The van der Waals surface area contributed by atoms with Crippen molar-refractivity contribution in [3.8, 4) is 0 Å². The van der Waals surface area contributed by atoms with Crippen LogP contribution in [0.15, 0.2) is 72.9 Å². The fourth-order valence-electron chi connectivity index (χ4n) is 6.23. The normalized spacial score (nSPS) is 13.1. The van der Waals surface area contributed by atoms with E-state index >= 15 is 0 Å². The first kappa shape index (κ1) is 55.5. The van der Waals surface area contributed by atoms with E-state index in [9.17, 15) is 14.2 Å². The zero-order chi connectivity index (χ0) is 42.5.